The molecule has 0 amide bonds. The molecular formula is C58H45N3O. The van der Waals surface area contributed by atoms with E-state index in [0.717, 1.165) is 54.3 Å². The maximum absolute atomic E-state index is 6.87. The van der Waals surface area contributed by atoms with Crippen LogP contribution in [0.25, 0.3) is 50.5 Å². The van der Waals surface area contributed by atoms with Gasteiger partial charge in [0.25, 0.3) is 0 Å². The summed E-state index contributed by atoms with van der Waals surface area (Å²) in [6.45, 7) is 2.34. The van der Waals surface area contributed by atoms with E-state index in [1.54, 1.807) is 0 Å². The van der Waals surface area contributed by atoms with E-state index in [1.165, 1.54) is 77.1 Å². The summed E-state index contributed by atoms with van der Waals surface area (Å²) in [4.78, 5) is 14.3. The van der Waals surface area contributed by atoms with E-state index < -0.39 is 0 Å². The van der Waals surface area contributed by atoms with Crippen LogP contribution in [0.1, 0.15) is 82.2 Å². The number of benzene rings is 7. The molecule has 0 N–H and O–H groups in total. The lowest BCUT2D eigenvalue weighted by Crippen LogP contribution is -2.44. The van der Waals surface area contributed by atoms with Gasteiger partial charge in [-0.2, -0.15) is 0 Å². The first-order chi connectivity index (χ1) is 30.7. The zero-order valence-corrected chi connectivity index (χ0v) is 34.7. The highest BCUT2D eigenvalue weighted by Crippen LogP contribution is 2.58. The van der Waals surface area contributed by atoms with Crippen LogP contribution in [0.15, 0.2) is 178 Å². The zero-order valence-electron chi connectivity index (χ0n) is 34.7. The molecule has 0 fully saturated rings. The van der Waals surface area contributed by atoms with Crippen LogP contribution < -0.4 is 4.90 Å². The van der Waals surface area contributed by atoms with Crippen LogP contribution in [0.2, 0.25) is 0 Å². The highest BCUT2D eigenvalue weighted by molar-refractivity contribution is 6.16. The van der Waals surface area contributed by atoms with Gasteiger partial charge in [0.2, 0.25) is 0 Å². The van der Waals surface area contributed by atoms with Crippen LogP contribution in [0.3, 0.4) is 0 Å². The van der Waals surface area contributed by atoms with Crippen LogP contribution in [0.4, 0.5) is 5.69 Å². The minimum Gasteiger partial charge on any atom is -0.457 e. The van der Waals surface area contributed by atoms with Crippen molar-refractivity contribution in [3.63, 3.8) is 0 Å². The Morgan fingerprint density at radius 1 is 0.645 bits per heavy atom. The van der Waals surface area contributed by atoms with Gasteiger partial charge in [0, 0.05) is 51.9 Å². The summed E-state index contributed by atoms with van der Waals surface area (Å²) in [5, 5.41) is 7.41. The summed E-state index contributed by atoms with van der Waals surface area (Å²) in [6, 6.07) is 53.7. The van der Waals surface area contributed by atoms with Gasteiger partial charge in [0.05, 0.1) is 17.8 Å². The minimum absolute atomic E-state index is 0.0395. The molecule has 7 aromatic carbocycles. The molecule has 2 aliphatic heterocycles. The van der Waals surface area contributed by atoms with Gasteiger partial charge < -0.3 is 9.32 Å². The molecule has 62 heavy (non-hydrogen) atoms. The third-order valence-corrected chi connectivity index (χ3v) is 14.5. The quantitative estimate of drug-likeness (QED) is 0.174. The molecule has 4 nitrogen and oxygen atoms in total. The van der Waals surface area contributed by atoms with Crippen molar-refractivity contribution in [1.82, 2.24) is 0 Å². The number of rotatable bonds is 5. The Hall–Kier alpha value is -7.04. The average Bonchev–Trinajstić information content (AvgIpc) is 3.86. The molecule has 13 rings (SSSR count). The maximum atomic E-state index is 6.87. The fourth-order valence-corrected chi connectivity index (χ4v) is 11.5. The van der Waals surface area contributed by atoms with Crippen molar-refractivity contribution in [1.29, 1.82) is 0 Å². The number of hydrogen-bond donors (Lipinski definition) is 0. The van der Waals surface area contributed by atoms with Crippen molar-refractivity contribution in [2.45, 2.75) is 50.6 Å². The van der Waals surface area contributed by atoms with Crippen molar-refractivity contribution in [2.75, 3.05) is 4.90 Å². The number of amidine groups is 1. The first-order valence-electron chi connectivity index (χ1n) is 22.4. The molecule has 298 valence electrons. The Bertz CT molecular complexity index is 3320. The van der Waals surface area contributed by atoms with Gasteiger partial charge in [-0.3, -0.25) is 4.99 Å². The third kappa shape index (κ3) is 5.52. The lowest BCUT2D eigenvalue weighted by atomic mass is 9.73. The Balaban J connectivity index is 1.05. The van der Waals surface area contributed by atoms with Crippen molar-refractivity contribution in [3.8, 4) is 0 Å². The van der Waals surface area contributed by atoms with Crippen LogP contribution in [0, 0.1) is 11.8 Å². The smallest absolute Gasteiger partial charge is 0.155 e. The molecule has 1 aromatic heterocycles. The van der Waals surface area contributed by atoms with Crippen molar-refractivity contribution >= 4 is 67.8 Å². The van der Waals surface area contributed by atoms with Gasteiger partial charge in [-0.25, -0.2) is 4.99 Å². The van der Waals surface area contributed by atoms with E-state index in [2.05, 4.69) is 188 Å². The molecule has 3 aliphatic carbocycles. The minimum atomic E-state index is -0.0955. The number of fused-ring (bicyclic) bond motifs is 11. The summed E-state index contributed by atoms with van der Waals surface area (Å²) in [7, 11) is 0. The second-order valence-electron chi connectivity index (χ2n) is 17.8. The number of anilines is 1. The first-order valence-corrected chi connectivity index (χ1v) is 22.4. The number of allylic oxidation sites excluding steroid dienone is 1. The van der Waals surface area contributed by atoms with Crippen molar-refractivity contribution < 1.29 is 4.42 Å². The van der Waals surface area contributed by atoms with Gasteiger partial charge in [-0.15, -0.1) is 0 Å². The second kappa shape index (κ2) is 14.0. The summed E-state index contributed by atoms with van der Waals surface area (Å²) in [5.41, 5.74) is 12.7. The second-order valence-corrected chi connectivity index (χ2v) is 17.8. The fraction of sp³-hybridized carbons (Fsp3) is 0.172. The number of furan rings is 1. The Morgan fingerprint density at radius 2 is 1.32 bits per heavy atom. The maximum Gasteiger partial charge on any atom is 0.155 e. The van der Waals surface area contributed by atoms with Crippen LogP contribution in [-0.4, -0.2) is 17.6 Å². The molecule has 0 bridgehead atoms. The largest absolute Gasteiger partial charge is 0.457 e. The van der Waals surface area contributed by atoms with E-state index >= 15 is 0 Å². The van der Waals surface area contributed by atoms with Crippen LogP contribution >= 0.6 is 0 Å². The predicted molar refractivity (Wildman–Crippen MR) is 257 cm³/mol. The Labute approximate surface area is 362 Å². The topological polar surface area (TPSA) is 41.1 Å². The standard InChI is InChI=1S/C58H45N3O/c1-2-44-55(42-25-23-35-13-3-5-16-38(35)29-42)59-58(43-26-24-36-14-4-6-17-39(36)30-43)60-56(44)50-33-49-46-21-11-12-22-53(46)62-54(49)34-52(50)61-51-32-41-19-8-7-18-40(41)31-48(51)47-28-27-37-15-9-10-20-45(37)57(47)61/h3-10,12-20,22-32,34,44,47,50,56-57H,2,11,21,33H2,1H3/t44?,47?,50?,56?,57-/m0/s1. The van der Waals surface area contributed by atoms with Gasteiger partial charge in [-0.1, -0.05) is 146 Å². The molecule has 0 saturated heterocycles. The van der Waals surface area contributed by atoms with E-state index in [4.69, 9.17) is 14.4 Å². The lowest BCUT2D eigenvalue weighted by Gasteiger charge is -2.43. The molecule has 8 aromatic rings. The van der Waals surface area contributed by atoms with E-state index in [1.807, 2.05) is 0 Å². The molecule has 0 radical (unpaired) electrons. The van der Waals surface area contributed by atoms with E-state index in [-0.39, 0.29) is 29.8 Å². The van der Waals surface area contributed by atoms with Crippen LogP contribution in [0.5, 0.6) is 0 Å². The number of nitrogens with zero attached hydrogens (tertiary/aromatic N) is 3. The highest BCUT2D eigenvalue weighted by Gasteiger charge is 2.48. The molecule has 4 unspecified atom stereocenters. The molecule has 5 atom stereocenters. The van der Waals surface area contributed by atoms with Crippen molar-refractivity contribution in [2.24, 2.45) is 21.8 Å². The molecule has 0 saturated carbocycles. The monoisotopic (exact) mass is 799 g/mol. The van der Waals surface area contributed by atoms with E-state index in [9.17, 15) is 0 Å². The number of hydrogen-bond acceptors (Lipinski definition) is 4. The van der Waals surface area contributed by atoms with Gasteiger partial charge in [0.1, 0.15) is 11.5 Å². The average molecular weight is 800 g/mol. The molecule has 5 aliphatic rings. The predicted octanol–water partition coefficient (Wildman–Crippen LogP) is 13.9. The third-order valence-electron chi connectivity index (χ3n) is 14.5. The Kier molecular flexibility index (Phi) is 8.06. The molecule has 0 spiro atoms. The van der Waals surface area contributed by atoms with Crippen LogP contribution in [-0.2, 0) is 12.8 Å². The van der Waals surface area contributed by atoms with Gasteiger partial charge in [0.15, 0.2) is 5.84 Å². The normalized spacial score (nSPS) is 22.1. The first kappa shape index (κ1) is 35.7. The summed E-state index contributed by atoms with van der Waals surface area (Å²) < 4.78 is 6.87. The fourth-order valence-electron chi connectivity index (χ4n) is 11.5. The summed E-state index contributed by atoms with van der Waals surface area (Å²) >= 11 is 0. The van der Waals surface area contributed by atoms with Gasteiger partial charge >= 0.3 is 0 Å². The zero-order chi connectivity index (χ0) is 40.9. The highest BCUT2D eigenvalue weighted by atomic mass is 16.3. The summed E-state index contributed by atoms with van der Waals surface area (Å²) in [5.74, 6) is 3.14. The summed E-state index contributed by atoms with van der Waals surface area (Å²) in [6.07, 6.45) is 15.5. The Morgan fingerprint density at radius 3 is 2.10 bits per heavy atom. The number of aliphatic imine (C=N–C) groups is 2. The van der Waals surface area contributed by atoms with E-state index in [0.29, 0.717) is 0 Å². The SMILES string of the molecule is CCC1C(c2ccc3ccccc3c2)=NC(c2ccc3ccccc3c2)=NC1C1Cc2c(oc3c2CCC=C3)C=C1N1c2cc3ccccc3cc2C2C=Cc3ccccc3[C@@H]21. The molecular weight excluding hydrogens is 755 g/mol. The van der Waals surface area contributed by atoms with Crippen molar-refractivity contribution in [3.05, 3.63) is 214 Å². The molecule has 3 heterocycles. The molecule has 4 heteroatoms. The lowest BCUT2D eigenvalue weighted by molar-refractivity contribution is 0.377. The van der Waals surface area contributed by atoms with Gasteiger partial charge in [-0.05, 0) is 111 Å².